The molecule has 1 heterocycles. The summed E-state index contributed by atoms with van der Waals surface area (Å²) in [4.78, 5) is 23.8. The van der Waals surface area contributed by atoms with E-state index in [9.17, 15) is 23.3 Å². The van der Waals surface area contributed by atoms with Crippen molar-refractivity contribution in [2.45, 2.75) is 36.6 Å². The number of sulfonamides is 1. The van der Waals surface area contributed by atoms with Gasteiger partial charge in [0.2, 0.25) is 15.9 Å². The number of non-ortho nitro benzene ring substituents is 1. The molecule has 0 aromatic heterocycles. The van der Waals surface area contributed by atoms with Crippen molar-refractivity contribution in [2.75, 3.05) is 19.6 Å². The lowest BCUT2D eigenvalue weighted by Gasteiger charge is -2.39. The van der Waals surface area contributed by atoms with Crippen molar-refractivity contribution in [3.63, 3.8) is 0 Å². The summed E-state index contributed by atoms with van der Waals surface area (Å²) in [5.74, 6) is -0.205. The molecule has 0 aliphatic carbocycles. The quantitative estimate of drug-likeness (QED) is 0.434. The van der Waals surface area contributed by atoms with Crippen LogP contribution in [0.1, 0.15) is 20.3 Å². The van der Waals surface area contributed by atoms with E-state index in [0.717, 1.165) is 6.07 Å². The molecule has 0 radical (unpaired) electrons. The van der Waals surface area contributed by atoms with Gasteiger partial charge in [-0.15, -0.1) is 11.6 Å². The number of amides is 1. The number of nitrogens with zero attached hydrogens (tertiary/aromatic N) is 3. The Hall–Kier alpha value is -1.71. The van der Waals surface area contributed by atoms with Gasteiger partial charge in [-0.3, -0.25) is 14.9 Å². The molecular formula is C15H20ClN3O5S. The SMILES string of the molecule is CCC(Cl)C(=O)N1CCN(S(=O)(=O)c2cccc([N+](=O)[O-])c2)C(C)C1. The fraction of sp³-hybridized carbons (Fsp3) is 0.533. The van der Waals surface area contributed by atoms with Crippen LogP contribution in [0.15, 0.2) is 29.2 Å². The Morgan fingerprint density at radius 1 is 1.44 bits per heavy atom. The van der Waals surface area contributed by atoms with Crippen LogP contribution in [0.25, 0.3) is 0 Å². The third kappa shape index (κ3) is 4.10. The van der Waals surface area contributed by atoms with E-state index < -0.39 is 26.4 Å². The fourth-order valence-electron chi connectivity index (χ4n) is 2.76. The van der Waals surface area contributed by atoms with Gasteiger partial charge >= 0.3 is 0 Å². The number of piperazine rings is 1. The predicted molar refractivity (Wildman–Crippen MR) is 93.0 cm³/mol. The molecule has 1 aromatic rings. The number of carbonyl (C=O) groups is 1. The van der Waals surface area contributed by atoms with Crippen molar-refractivity contribution < 1.29 is 18.1 Å². The molecule has 8 nitrogen and oxygen atoms in total. The van der Waals surface area contributed by atoms with Gasteiger partial charge in [0.15, 0.2) is 0 Å². The Kier molecular flexibility index (Phi) is 6.02. The van der Waals surface area contributed by atoms with Crippen molar-refractivity contribution >= 4 is 33.2 Å². The number of halogens is 1. The first-order valence-corrected chi connectivity index (χ1v) is 9.75. The second-order valence-electron chi connectivity index (χ2n) is 5.88. The molecule has 0 spiro atoms. The molecule has 2 atom stereocenters. The molecule has 25 heavy (non-hydrogen) atoms. The molecular weight excluding hydrogens is 370 g/mol. The highest BCUT2D eigenvalue weighted by molar-refractivity contribution is 7.89. The summed E-state index contributed by atoms with van der Waals surface area (Å²) in [6, 6.07) is 4.51. The highest BCUT2D eigenvalue weighted by atomic mass is 35.5. The van der Waals surface area contributed by atoms with Crippen molar-refractivity contribution in [1.82, 2.24) is 9.21 Å². The lowest BCUT2D eigenvalue weighted by molar-refractivity contribution is -0.385. The average molecular weight is 390 g/mol. The van der Waals surface area contributed by atoms with E-state index in [1.165, 1.54) is 22.5 Å². The van der Waals surface area contributed by atoms with Crippen LogP contribution in [-0.4, -0.2) is 59.5 Å². The number of benzene rings is 1. The molecule has 1 fully saturated rings. The lowest BCUT2D eigenvalue weighted by Crippen LogP contribution is -2.56. The van der Waals surface area contributed by atoms with Crippen LogP contribution in [0.3, 0.4) is 0 Å². The summed E-state index contributed by atoms with van der Waals surface area (Å²) in [6.45, 7) is 4.09. The minimum atomic E-state index is -3.88. The lowest BCUT2D eigenvalue weighted by atomic mass is 10.2. The summed E-state index contributed by atoms with van der Waals surface area (Å²) in [5.41, 5.74) is -0.282. The Morgan fingerprint density at radius 2 is 2.12 bits per heavy atom. The topological polar surface area (TPSA) is 101 Å². The van der Waals surface area contributed by atoms with Gasteiger partial charge in [0.1, 0.15) is 5.38 Å². The zero-order valence-corrected chi connectivity index (χ0v) is 15.5. The number of alkyl halides is 1. The molecule has 2 rings (SSSR count). The van der Waals surface area contributed by atoms with Crippen LogP contribution in [-0.2, 0) is 14.8 Å². The first-order valence-electron chi connectivity index (χ1n) is 7.87. The van der Waals surface area contributed by atoms with E-state index >= 15 is 0 Å². The molecule has 0 saturated carbocycles. The molecule has 0 bridgehead atoms. The van der Waals surface area contributed by atoms with Crippen molar-refractivity contribution in [2.24, 2.45) is 0 Å². The number of rotatable bonds is 5. The number of carbonyl (C=O) groups excluding carboxylic acids is 1. The number of hydrogen-bond acceptors (Lipinski definition) is 5. The summed E-state index contributed by atoms with van der Waals surface area (Å²) < 4.78 is 26.9. The number of hydrogen-bond donors (Lipinski definition) is 0. The van der Waals surface area contributed by atoms with Gasteiger partial charge in [0, 0.05) is 37.8 Å². The van der Waals surface area contributed by atoms with E-state index in [0.29, 0.717) is 6.42 Å². The zero-order valence-electron chi connectivity index (χ0n) is 14.0. The highest BCUT2D eigenvalue weighted by Crippen LogP contribution is 2.25. The van der Waals surface area contributed by atoms with Crippen LogP contribution >= 0.6 is 11.6 Å². The predicted octanol–water partition coefficient (Wildman–Crippen LogP) is 1.83. The molecule has 1 aromatic carbocycles. The van der Waals surface area contributed by atoms with Crippen molar-refractivity contribution in [3.8, 4) is 0 Å². The Balaban J connectivity index is 2.21. The largest absolute Gasteiger partial charge is 0.338 e. The van der Waals surface area contributed by atoms with Gasteiger partial charge in [-0.2, -0.15) is 4.31 Å². The molecule has 1 saturated heterocycles. The van der Waals surface area contributed by atoms with Gasteiger partial charge < -0.3 is 4.90 Å². The minimum Gasteiger partial charge on any atom is -0.338 e. The molecule has 10 heteroatoms. The summed E-state index contributed by atoms with van der Waals surface area (Å²) in [6.07, 6.45) is 0.501. The standard InChI is InChI=1S/C15H20ClN3O5S/c1-3-14(16)15(20)17-7-8-18(11(2)10-17)25(23,24)13-6-4-5-12(9-13)19(21)22/h4-6,9,11,14H,3,7-8,10H2,1-2H3. The summed E-state index contributed by atoms with van der Waals surface area (Å²) in [7, 11) is -3.88. The third-order valence-corrected chi connectivity index (χ3v) is 6.64. The van der Waals surface area contributed by atoms with E-state index in [1.54, 1.807) is 11.8 Å². The highest BCUT2D eigenvalue weighted by Gasteiger charge is 2.36. The van der Waals surface area contributed by atoms with E-state index in [-0.39, 0.29) is 36.1 Å². The average Bonchev–Trinajstić information content (AvgIpc) is 2.60. The number of nitro benzene ring substituents is 1. The van der Waals surface area contributed by atoms with Gasteiger partial charge in [-0.25, -0.2) is 8.42 Å². The Morgan fingerprint density at radius 3 is 2.68 bits per heavy atom. The second kappa shape index (κ2) is 7.67. The molecule has 1 amide bonds. The van der Waals surface area contributed by atoms with Gasteiger partial charge in [-0.1, -0.05) is 13.0 Å². The fourth-order valence-corrected chi connectivity index (χ4v) is 4.56. The maximum Gasteiger partial charge on any atom is 0.270 e. The van der Waals surface area contributed by atoms with Gasteiger partial charge in [0.25, 0.3) is 5.69 Å². The van der Waals surface area contributed by atoms with E-state index in [4.69, 9.17) is 11.6 Å². The number of nitro groups is 1. The van der Waals surface area contributed by atoms with Crippen LogP contribution in [0.2, 0.25) is 0 Å². The third-order valence-electron chi connectivity index (χ3n) is 4.14. The Bertz CT molecular complexity index is 770. The summed E-state index contributed by atoms with van der Waals surface area (Å²) >= 11 is 5.98. The first-order chi connectivity index (χ1) is 11.7. The smallest absolute Gasteiger partial charge is 0.270 e. The molecule has 1 aliphatic rings. The van der Waals surface area contributed by atoms with Crippen LogP contribution in [0.4, 0.5) is 5.69 Å². The molecule has 1 aliphatic heterocycles. The summed E-state index contributed by atoms with van der Waals surface area (Å²) in [5, 5.41) is 10.3. The van der Waals surface area contributed by atoms with Crippen LogP contribution < -0.4 is 0 Å². The van der Waals surface area contributed by atoms with Gasteiger partial charge in [0.05, 0.1) is 9.82 Å². The second-order valence-corrected chi connectivity index (χ2v) is 8.30. The maximum absolute atomic E-state index is 12.8. The first kappa shape index (κ1) is 19.6. The molecule has 138 valence electrons. The van der Waals surface area contributed by atoms with Crippen molar-refractivity contribution in [3.05, 3.63) is 34.4 Å². The monoisotopic (exact) mass is 389 g/mol. The molecule has 2 unspecified atom stereocenters. The maximum atomic E-state index is 12.8. The normalized spacial score (nSPS) is 20.3. The zero-order chi connectivity index (χ0) is 18.8. The minimum absolute atomic E-state index is 0.116. The van der Waals surface area contributed by atoms with E-state index in [2.05, 4.69) is 0 Å². The van der Waals surface area contributed by atoms with Crippen LogP contribution in [0, 0.1) is 10.1 Å². The van der Waals surface area contributed by atoms with E-state index in [1.807, 2.05) is 6.92 Å². The van der Waals surface area contributed by atoms with Crippen molar-refractivity contribution in [1.29, 1.82) is 0 Å². The Labute approximate surface area is 151 Å². The molecule has 0 N–H and O–H groups in total. The van der Waals surface area contributed by atoms with Gasteiger partial charge in [-0.05, 0) is 19.4 Å². The van der Waals surface area contributed by atoms with Crippen LogP contribution in [0.5, 0.6) is 0 Å².